The molecule has 0 atom stereocenters. The highest BCUT2D eigenvalue weighted by atomic mass is 32.1. The molecule has 7 aromatic carbocycles. The Morgan fingerprint density at radius 3 is 1.84 bits per heavy atom. The standard InChI is InChI=1S/C45H27N3S2/c1-2-10-28(11-3-1)29-20-22-30(23-21-29)43-46-44(48-45(47-43)33-24-25-36-35-14-4-6-17-38(35)50-41(36)27-33)32-13-8-12-31(26-32)34-16-9-19-40-42(34)37-15-5-7-18-39(37)49-40/h1-27H/i5D,7D,9D,15D,16D,18D,19D. The Morgan fingerprint density at radius 1 is 0.380 bits per heavy atom. The lowest BCUT2D eigenvalue weighted by Crippen LogP contribution is -2.00. The van der Waals surface area contributed by atoms with E-state index >= 15 is 0 Å². The minimum atomic E-state index is -0.393. The highest BCUT2D eigenvalue weighted by Gasteiger charge is 2.16. The number of hydrogen-bond acceptors (Lipinski definition) is 5. The maximum absolute atomic E-state index is 9.11. The SMILES string of the molecule is [2H]c1c([2H])c([2H])c2c(sc3c([2H])c([2H])c([2H])c(-c4cccc(-c5nc(-c6ccc(-c7ccccc7)cc6)nc(-c6ccc7c(c6)sc6ccccc67)n5)c4)c32)c1[2H]. The summed E-state index contributed by atoms with van der Waals surface area (Å²) in [6.45, 7) is 0. The molecule has 0 N–H and O–H groups in total. The molecule has 0 aliphatic heterocycles. The molecule has 5 heteroatoms. The molecule has 0 bridgehead atoms. The number of rotatable bonds is 5. The predicted octanol–water partition coefficient (Wildman–Crippen LogP) is 12.9. The van der Waals surface area contributed by atoms with Crippen LogP contribution in [0.25, 0.3) is 96.8 Å². The van der Waals surface area contributed by atoms with Gasteiger partial charge in [0.25, 0.3) is 0 Å². The fourth-order valence-electron chi connectivity index (χ4n) is 6.46. The molecule has 0 amide bonds. The molecule has 234 valence electrons. The van der Waals surface area contributed by atoms with Crippen molar-refractivity contribution in [3.8, 4) is 56.4 Å². The van der Waals surface area contributed by atoms with E-state index < -0.39 is 6.04 Å². The van der Waals surface area contributed by atoms with Gasteiger partial charge in [0, 0.05) is 57.0 Å². The van der Waals surface area contributed by atoms with Crippen LogP contribution in [0.2, 0.25) is 0 Å². The van der Waals surface area contributed by atoms with Gasteiger partial charge in [0.2, 0.25) is 0 Å². The number of fused-ring (bicyclic) bond motifs is 6. The lowest BCUT2D eigenvalue weighted by Gasteiger charge is -2.11. The van der Waals surface area contributed by atoms with Gasteiger partial charge in [0.15, 0.2) is 17.5 Å². The van der Waals surface area contributed by atoms with Gasteiger partial charge in [-0.3, -0.25) is 0 Å². The third kappa shape index (κ3) is 4.98. The Balaban J connectivity index is 1.17. The highest BCUT2D eigenvalue weighted by molar-refractivity contribution is 7.26. The molecule has 50 heavy (non-hydrogen) atoms. The monoisotopic (exact) mass is 680 g/mol. The molecule has 0 saturated heterocycles. The molecular formula is C45H27N3S2. The van der Waals surface area contributed by atoms with E-state index in [1.807, 2.05) is 78.9 Å². The van der Waals surface area contributed by atoms with Gasteiger partial charge in [-0.05, 0) is 52.5 Å². The van der Waals surface area contributed by atoms with Crippen LogP contribution in [0, 0.1) is 0 Å². The topological polar surface area (TPSA) is 38.7 Å². The summed E-state index contributed by atoms with van der Waals surface area (Å²) in [7, 11) is 0. The fourth-order valence-corrected chi connectivity index (χ4v) is 8.58. The number of benzene rings is 7. The molecule has 3 aromatic heterocycles. The molecule has 0 aliphatic rings. The van der Waals surface area contributed by atoms with Crippen molar-refractivity contribution in [2.75, 3.05) is 0 Å². The van der Waals surface area contributed by atoms with Crippen LogP contribution in [0.3, 0.4) is 0 Å². The third-order valence-electron chi connectivity index (χ3n) is 8.88. The van der Waals surface area contributed by atoms with Crippen molar-refractivity contribution in [3.63, 3.8) is 0 Å². The lowest BCUT2D eigenvalue weighted by atomic mass is 9.98. The summed E-state index contributed by atoms with van der Waals surface area (Å²) in [6.07, 6.45) is 0. The van der Waals surface area contributed by atoms with Crippen molar-refractivity contribution < 1.29 is 9.60 Å². The summed E-state index contributed by atoms with van der Waals surface area (Å²) in [6, 6.07) is 38.3. The molecule has 0 radical (unpaired) electrons. The van der Waals surface area contributed by atoms with E-state index in [0.717, 1.165) is 43.7 Å². The maximum Gasteiger partial charge on any atom is 0.164 e. The number of hydrogen-bond donors (Lipinski definition) is 0. The van der Waals surface area contributed by atoms with Crippen molar-refractivity contribution >= 4 is 63.0 Å². The molecule has 10 rings (SSSR count). The third-order valence-corrected chi connectivity index (χ3v) is 11.0. The van der Waals surface area contributed by atoms with Crippen LogP contribution < -0.4 is 0 Å². The van der Waals surface area contributed by atoms with Crippen molar-refractivity contribution in [1.29, 1.82) is 0 Å². The Morgan fingerprint density at radius 2 is 0.980 bits per heavy atom. The minimum absolute atomic E-state index is 0.186. The Bertz CT molecular complexity index is 3270. The smallest absolute Gasteiger partial charge is 0.164 e. The second-order valence-electron chi connectivity index (χ2n) is 11.9. The molecular weight excluding hydrogens is 647 g/mol. The van der Waals surface area contributed by atoms with E-state index in [2.05, 4.69) is 36.4 Å². The normalized spacial score (nSPS) is 13.6. The van der Waals surface area contributed by atoms with Crippen LogP contribution in [0.1, 0.15) is 9.60 Å². The summed E-state index contributed by atoms with van der Waals surface area (Å²) in [5, 5.41) is 2.96. The predicted molar refractivity (Wildman–Crippen MR) is 213 cm³/mol. The first kappa shape index (κ1) is 22.6. The molecule has 0 saturated carbocycles. The van der Waals surface area contributed by atoms with Crippen molar-refractivity contribution in [3.05, 3.63) is 164 Å². The summed E-state index contributed by atoms with van der Waals surface area (Å²) in [5.74, 6) is 1.36. The lowest BCUT2D eigenvalue weighted by molar-refractivity contribution is 1.07. The van der Waals surface area contributed by atoms with Gasteiger partial charge in [-0.15, -0.1) is 22.7 Å². The van der Waals surface area contributed by atoms with E-state index in [1.165, 1.54) is 10.1 Å². The summed E-state index contributed by atoms with van der Waals surface area (Å²) in [5.41, 5.74) is 5.26. The number of aromatic nitrogens is 3. The largest absolute Gasteiger partial charge is 0.208 e. The van der Waals surface area contributed by atoms with Gasteiger partial charge in [0.05, 0.1) is 9.60 Å². The second-order valence-corrected chi connectivity index (χ2v) is 14.0. The zero-order chi connectivity index (χ0) is 39.1. The van der Waals surface area contributed by atoms with Gasteiger partial charge >= 0.3 is 0 Å². The van der Waals surface area contributed by atoms with Crippen molar-refractivity contribution in [1.82, 2.24) is 15.0 Å². The number of thiophene rings is 2. The first-order valence-corrected chi connectivity index (χ1v) is 17.7. The zero-order valence-corrected chi connectivity index (χ0v) is 27.8. The zero-order valence-electron chi connectivity index (χ0n) is 33.2. The molecule has 0 spiro atoms. The molecule has 3 heterocycles. The van der Waals surface area contributed by atoms with E-state index in [4.69, 9.17) is 24.5 Å². The Labute approximate surface area is 306 Å². The van der Waals surface area contributed by atoms with E-state index in [1.54, 1.807) is 17.4 Å². The fraction of sp³-hybridized carbons (Fsp3) is 0. The molecule has 0 fully saturated rings. The van der Waals surface area contributed by atoms with E-state index in [0.29, 0.717) is 44.2 Å². The molecule has 0 aliphatic carbocycles. The first-order chi connectivity index (χ1) is 27.7. The van der Waals surface area contributed by atoms with Crippen LogP contribution in [0.15, 0.2) is 164 Å². The summed E-state index contributed by atoms with van der Waals surface area (Å²) >= 11 is 2.77. The van der Waals surface area contributed by atoms with Gasteiger partial charge in [-0.25, -0.2) is 15.0 Å². The highest BCUT2D eigenvalue weighted by Crippen LogP contribution is 2.41. The first-order valence-electron chi connectivity index (χ1n) is 19.5. The van der Waals surface area contributed by atoms with E-state index in [-0.39, 0.29) is 46.3 Å². The van der Waals surface area contributed by atoms with Crippen LogP contribution in [-0.4, -0.2) is 15.0 Å². The summed E-state index contributed by atoms with van der Waals surface area (Å²) < 4.78 is 63.7. The minimum Gasteiger partial charge on any atom is -0.208 e. The number of nitrogens with zero attached hydrogens (tertiary/aromatic N) is 3. The van der Waals surface area contributed by atoms with Gasteiger partial charge in [-0.2, -0.15) is 0 Å². The van der Waals surface area contributed by atoms with Crippen LogP contribution in [-0.2, 0) is 0 Å². The van der Waals surface area contributed by atoms with Gasteiger partial charge < -0.3 is 0 Å². The van der Waals surface area contributed by atoms with E-state index in [9.17, 15) is 0 Å². The molecule has 3 nitrogen and oxygen atoms in total. The van der Waals surface area contributed by atoms with Crippen LogP contribution >= 0.6 is 22.7 Å². The average Bonchev–Trinajstić information content (AvgIpc) is 3.84. The average molecular weight is 681 g/mol. The van der Waals surface area contributed by atoms with Crippen molar-refractivity contribution in [2.45, 2.75) is 0 Å². The molecule has 10 aromatic rings. The van der Waals surface area contributed by atoms with Gasteiger partial charge in [0.1, 0.15) is 0 Å². The van der Waals surface area contributed by atoms with Crippen LogP contribution in [0.4, 0.5) is 0 Å². The Hall–Kier alpha value is -6.01. The van der Waals surface area contributed by atoms with Crippen molar-refractivity contribution in [2.24, 2.45) is 0 Å². The Kier molecular flexibility index (Phi) is 5.35. The quantitative estimate of drug-likeness (QED) is 0.182. The van der Waals surface area contributed by atoms with Crippen LogP contribution in [0.5, 0.6) is 0 Å². The second kappa shape index (κ2) is 11.8. The molecule has 0 unspecified atom stereocenters. The summed E-state index contributed by atoms with van der Waals surface area (Å²) in [4.78, 5) is 15.1. The van der Waals surface area contributed by atoms with Gasteiger partial charge in [-0.1, -0.05) is 133 Å². The maximum atomic E-state index is 9.11.